The lowest BCUT2D eigenvalue weighted by atomic mass is 9.83. The Hall–Kier alpha value is -1.02. The van der Waals surface area contributed by atoms with Crippen molar-refractivity contribution in [1.29, 1.82) is 0 Å². The molecule has 0 fully saturated rings. The van der Waals surface area contributed by atoms with E-state index in [2.05, 4.69) is 39.8 Å². The van der Waals surface area contributed by atoms with Crippen LogP contribution in [0.5, 0.6) is 5.75 Å². The maximum absolute atomic E-state index is 5.56. The van der Waals surface area contributed by atoms with Crippen LogP contribution in [0.1, 0.15) is 50.3 Å². The molecular formula is C16H27NO. The van der Waals surface area contributed by atoms with Crippen LogP contribution < -0.4 is 10.5 Å². The molecular weight excluding hydrogens is 222 g/mol. The van der Waals surface area contributed by atoms with Gasteiger partial charge >= 0.3 is 0 Å². The van der Waals surface area contributed by atoms with Crippen molar-refractivity contribution in [2.24, 2.45) is 5.73 Å². The van der Waals surface area contributed by atoms with Gasteiger partial charge in [0, 0.05) is 5.56 Å². The van der Waals surface area contributed by atoms with Crippen LogP contribution in [-0.2, 0) is 11.8 Å². The zero-order chi connectivity index (χ0) is 13.8. The molecule has 1 aromatic rings. The largest absolute Gasteiger partial charge is 0.496 e. The van der Waals surface area contributed by atoms with E-state index in [4.69, 9.17) is 10.5 Å². The zero-order valence-electron chi connectivity index (χ0n) is 12.5. The first-order chi connectivity index (χ1) is 8.40. The summed E-state index contributed by atoms with van der Waals surface area (Å²) in [6, 6.07) is 4.53. The van der Waals surface area contributed by atoms with Gasteiger partial charge in [0.05, 0.1) is 7.11 Å². The summed E-state index contributed by atoms with van der Waals surface area (Å²) in [5.41, 5.74) is 9.58. The van der Waals surface area contributed by atoms with Crippen molar-refractivity contribution >= 4 is 0 Å². The number of nitrogens with two attached hydrogens (primary N) is 1. The highest BCUT2D eigenvalue weighted by Crippen LogP contribution is 2.35. The van der Waals surface area contributed by atoms with Gasteiger partial charge in [-0.05, 0) is 49.3 Å². The molecule has 18 heavy (non-hydrogen) atoms. The average Bonchev–Trinajstić information content (AvgIpc) is 2.27. The molecule has 2 N–H and O–H groups in total. The van der Waals surface area contributed by atoms with E-state index in [0.717, 1.165) is 31.6 Å². The van der Waals surface area contributed by atoms with Crippen molar-refractivity contribution in [2.45, 2.75) is 52.4 Å². The van der Waals surface area contributed by atoms with Crippen LogP contribution in [-0.4, -0.2) is 13.7 Å². The normalized spacial score (nSPS) is 11.7. The molecule has 0 unspecified atom stereocenters. The second-order valence-electron chi connectivity index (χ2n) is 5.99. The van der Waals surface area contributed by atoms with Crippen LogP contribution in [0.3, 0.4) is 0 Å². The molecule has 0 saturated carbocycles. The standard InChI is InChI=1S/C16H27NO/c1-12-10-13(8-6-7-9-17)11-14(15(12)18-5)16(2,3)4/h10-11H,6-9,17H2,1-5H3. The van der Waals surface area contributed by atoms with E-state index in [9.17, 15) is 0 Å². The van der Waals surface area contributed by atoms with Gasteiger partial charge in [-0.2, -0.15) is 0 Å². The molecule has 0 spiro atoms. The number of benzene rings is 1. The fourth-order valence-corrected chi connectivity index (χ4v) is 2.29. The lowest BCUT2D eigenvalue weighted by Gasteiger charge is -2.24. The second kappa shape index (κ2) is 6.24. The quantitative estimate of drug-likeness (QED) is 0.809. The summed E-state index contributed by atoms with van der Waals surface area (Å²) in [5, 5.41) is 0. The number of unbranched alkanes of at least 4 members (excludes halogenated alkanes) is 1. The Morgan fingerprint density at radius 3 is 2.33 bits per heavy atom. The van der Waals surface area contributed by atoms with Crippen LogP contribution in [0, 0.1) is 6.92 Å². The predicted octanol–water partition coefficient (Wildman–Crippen LogP) is 3.58. The van der Waals surface area contributed by atoms with E-state index in [1.54, 1.807) is 7.11 Å². The molecule has 1 aromatic carbocycles. The van der Waals surface area contributed by atoms with E-state index in [1.165, 1.54) is 16.7 Å². The maximum atomic E-state index is 5.56. The number of methoxy groups -OCH3 is 1. The van der Waals surface area contributed by atoms with Crippen LogP contribution in [0.25, 0.3) is 0 Å². The highest BCUT2D eigenvalue weighted by Gasteiger charge is 2.20. The third-order valence-corrected chi connectivity index (χ3v) is 3.27. The lowest BCUT2D eigenvalue weighted by Crippen LogP contribution is -2.14. The van der Waals surface area contributed by atoms with Gasteiger partial charge in [-0.3, -0.25) is 0 Å². The first kappa shape index (κ1) is 15.0. The Bertz CT molecular complexity index is 391. The molecule has 2 nitrogen and oxygen atoms in total. The van der Waals surface area contributed by atoms with Crippen molar-refractivity contribution in [1.82, 2.24) is 0 Å². The summed E-state index contributed by atoms with van der Waals surface area (Å²) in [7, 11) is 1.76. The molecule has 0 bridgehead atoms. The van der Waals surface area contributed by atoms with E-state index >= 15 is 0 Å². The Morgan fingerprint density at radius 2 is 1.83 bits per heavy atom. The molecule has 0 heterocycles. The van der Waals surface area contributed by atoms with Crippen LogP contribution >= 0.6 is 0 Å². The van der Waals surface area contributed by atoms with Crippen LogP contribution in [0.15, 0.2) is 12.1 Å². The summed E-state index contributed by atoms with van der Waals surface area (Å²) in [5.74, 6) is 1.03. The Balaban J connectivity index is 3.06. The smallest absolute Gasteiger partial charge is 0.125 e. The van der Waals surface area contributed by atoms with Crippen molar-refractivity contribution in [3.63, 3.8) is 0 Å². The van der Waals surface area contributed by atoms with Gasteiger partial charge in [0.25, 0.3) is 0 Å². The van der Waals surface area contributed by atoms with Gasteiger partial charge in [-0.25, -0.2) is 0 Å². The second-order valence-corrected chi connectivity index (χ2v) is 5.99. The minimum Gasteiger partial charge on any atom is -0.496 e. The number of hydrogen-bond acceptors (Lipinski definition) is 2. The van der Waals surface area contributed by atoms with Crippen molar-refractivity contribution in [3.05, 3.63) is 28.8 Å². The van der Waals surface area contributed by atoms with Gasteiger partial charge in [0.15, 0.2) is 0 Å². The third-order valence-electron chi connectivity index (χ3n) is 3.27. The minimum absolute atomic E-state index is 0.111. The number of hydrogen-bond donors (Lipinski definition) is 1. The summed E-state index contributed by atoms with van der Waals surface area (Å²) in [6.07, 6.45) is 3.35. The topological polar surface area (TPSA) is 35.2 Å². The lowest BCUT2D eigenvalue weighted by molar-refractivity contribution is 0.394. The van der Waals surface area contributed by atoms with Crippen molar-refractivity contribution in [2.75, 3.05) is 13.7 Å². The Kier molecular flexibility index (Phi) is 5.21. The molecule has 0 atom stereocenters. The third kappa shape index (κ3) is 3.74. The van der Waals surface area contributed by atoms with E-state index < -0.39 is 0 Å². The monoisotopic (exact) mass is 249 g/mol. The molecule has 0 aliphatic heterocycles. The van der Waals surface area contributed by atoms with Gasteiger partial charge in [0.2, 0.25) is 0 Å². The maximum Gasteiger partial charge on any atom is 0.125 e. The molecule has 0 saturated heterocycles. The molecule has 102 valence electrons. The van der Waals surface area contributed by atoms with Crippen LogP contribution in [0.2, 0.25) is 0 Å². The molecule has 1 rings (SSSR count). The fourth-order valence-electron chi connectivity index (χ4n) is 2.29. The molecule has 0 aliphatic carbocycles. The molecule has 0 aliphatic rings. The Morgan fingerprint density at radius 1 is 1.17 bits per heavy atom. The fraction of sp³-hybridized carbons (Fsp3) is 0.625. The van der Waals surface area contributed by atoms with Gasteiger partial charge in [-0.15, -0.1) is 0 Å². The SMILES string of the molecule is COc1c(C)cc(CCCCN)cc1C(C)(C)C. The predicted molar refractivity (Wildman–Crippen MR) is 78.4 cm³/mol. The summed E-state index contributed by atoms with van der Waals surface area (Å²) < 4.78 is 5.56. The summed E-state index contributed by atoms with van der Waals surface area (Å²) >= 11 is 0. The average molecular weight is 249 g/mol. The molecule has 0 aromatic heterocycles. The first-order valence-corrected chi connectivity index (χ1v) is 6.78. The van der Waals surface area contributed by atoms with Gasteiger partial charge < -0.3 is 10.5 Å². The van der Waals surface area contributed by atoms with Crippen molar-refractivity contribution in [3.8, 4) is 5.75 Å². The van der Waals surface area contributed by atoms with E-state index in [1.807, 2.05) is 0 Å². The molecule has 2 heteroatoms. The number of aryl methyl sites for hydroxylation is 2. The minimum atomic E-state index is 0.111. The molecule has 0 amide bonds. The molecule has 0 radical (unpaired) electrons. The van der Waals surface area contributed by atoms with Gasteiger partial charge in [-0.1, -0.05) is 32.9 Å². The highest BCUT2D eigenvalue weighted by atomic mass is 16.5. The number of rotatable bonds is 5. The van der Waals surface area contributed by atoms with E-state index in [0.29, 0.717) is 0 Å². The van der Waals surface area contributed by atoms with Crippen molar-refractivity contribution < 1.29 is 4.74 Å². The van der Waals surface area contributed by atoms with Gasteiger partial charge in [0.1, 0.15) is 5.75 Å². The number of ether oxygens (including phenoxy) is 1. The zero-order valence-corrected chi connectivity index (χ0v) is 12.5. The first-order valence-electron chi connectivity index (χ1n) is 6.78. The van der Waals surface area contributed by atoms with E-state index in [-0.39, 0.29) is 5.41 Å². The summed E-state index contributed by atoms with van der Waals surface area (Å²) in [4.78, 5) is 0. The highest BCUT2D eigenvalue weighted by molar-refractivity contribution is 5.47. The summed E-state index contributed by atoms with van der Waals surface area (Å²) in [6.45, 7) is 9.59. The Labute approximate surface area is 112 Å². The van der Waals surface area contributed by atoms with Crippen LogP contribution in [0.4, 0.5) is 0 Å².